The molecule has 146 valence electrons. The van der Waals surface area contributed by atoms with Crippen LogP contribution >= 0.6 is 11.6 Å². The number of aryl methyl sites for hydroxylation is 1. The Hall–Kier alpha value is -2.50. The van der Waals surface area contributed by atoms with Gasteiger partial charge in [0.05, 0.1) is 17.7 Å². The van der Waals surface area contributed by atoms with Crippen LogP contribution in [0.25, 0.3) is 11.0 Å². The van der Waals surface area contributed by atoms with Gasteiger partial charge < -0.3 is 13.9 Å². The third kappa shape index (κ3) is 3.25. The average Bonchev–Trinajstić information content (AvgIpc) is 2.72. The smallest absolute Gasteiger partial charge is 0.339 e. The van der Waals surface area contributed by atoms with Gasteiger partial charge in [-0.15, -0.1) is 0 Å². The second-order valence-corrected chi connectivity index (χ2v) is 7.48. The van der Waals surface area contributed by atoms with Crippen molar-refractivity contribution in [1.82, 2.24) is 4.90 Å². The molecule has 3 aromatic rings. The maximum Gasteiger partial charge on any atom is 0.339 e. The third-order valence-corrected chi connectivity index (χ3v) is 5.69. The maximum absolute atomic E-state index is 12.2. The minimum Gasteiger partial charge on any atom is -0.496 e. The predicted molar refractivity (Wildman–Crippen MR) is 110 cm³/mol. The summed E-state index contributed by atoms with van der Waals surface area (Å²) in [6.45, 7) is 5.50. The zero-order valence-electron chi connectivity index (χ0n) is 16.2. The lowest BCUT2D eigenvalue weighted by molar-refractivity contribution is 0.0967. The molecule has 0 radical (unpaired) electrons. The van der Waals surface area contributed by atoms with Gasteiger partial charge in [-0.05, 0) is 43.5 Å². The summed E-state index contributed by atoms with van der Waals surface area (Å²) in [6.07, 6.45) is 0.823. The summed E-state index contributed by atoms with van der Waals surface area (Å²) in [4.78, 5) is 14.4. The zero-order chi connectivity index (χ0) is 19.8. The predicted octanol–water partition coefficient (Wildman–Crippen LogP) is 4.47. The number of hydrogen-bond donors (Lipinski definition) is 0. The average molecular weight is 400 g/mol. The Kier molecular flexibility index (Phi) is 5.04. The Morgan fingerprint density at radius 1 is 1.21 bits per heavy atom. The van der Waals surface area contributed by atoms with Crippen molar-refractivity contribution in [2.75, 3.05) is 20.4 Å². The lowest BCUT2D eigenvalue weighted by Crippen LogP contribution is -2.34. The van der Waals surface area contributed by atoms with Gasteiger partial charge in [-0.1, -0.05) is 29.8 Å². The van der Waals surface area contributed by atoms with E-state index in [1.807, 2.05) is 31.2 Å². The topological polar surface area (TPSA) is 51.9 Å². The van der Waals surface area contributed by atoms with E-state index in [1.54, 1.807) is 14.0 Å². The minimum absolute atomic E-state index is 0.319. The fourth-order valence-corrected chi connectivity index (χ4v) is 3.92. The first-order valence-electron chi connectivity index (χ1n) is 9.22. The first kappa shape index (κ1) is 18.8. The zero-order valence-corrected chi connectivity index (χ0v) is 16.9. The fourth-order valence-electron chi connectivity index (χ4n) is 3.64. The highest BCUT2D eigenvalue weighted by molar-refractivity contribution is 6.33. The van der Waals surface area contributed by atoms with E-state index in [1.165, 1.54) is 0 Å². The molecule has 1 aliphatic heterocycles. The van der Waals surface area contributed by atoms with E-state index in [2.05, 4.69) is 11.0 Å². The summed E-state index contributed by atoms with van der Waals surface area (Å²) in [5, 5.41) is 1.40. The van der Waals surface area contributed by atoms with Crippen LogP contribution in [0.5, 0.6) is 11.5 Å². The van der Waals surface area contributed by atoms with Gasteiger partial charge in [-0.2, -0.15) is 0 Å². The Labute approximate surface area is 168 Å². The van der Waals surface area contributed by atoms with Crippen molar-refractivity contribution < 1.29 is 13.9 Å². The van der Waals surface area contributed by atoms with Gasteiger partial charge in [-0.3, -0.25) is 4.90 Å². The number of benzene rings is 2. The van der Waals surface area contributed by atoms with Gasteiger partial charge in [0.1, 0.15) is 23.8 Å². The Bertz CT molecular complexity index is 1110. The molecule has 4 rings (SSSR count). The monoisotopic (exact) mass is 399 g/mol. The molecule has 2 aromatic carbocycles. The van der Waals surface area contributed by atoms with Gasteiger partial charge in [0.25, 0.3) is 0 Å². The highest BCUT2D eigenvalue weighted by Crippen LogP contribution is 2.39. The van der Waals surface area contributed by atoms with Crippen LogP contribution in [-0.4, -0.2) is 25.3 Å². The van der Waals surface area contributed by atoms with E-state index >= 15 is 0 Å². The van der Waals surface area contributed by atoms with Gasteiger partial charge in [-0.25, -0.2) is 4.79 Å². The van der Waals surface area contributed by atoms with E-state index in [4.69, 9.17) is 25.5 Å². The molecule has 1 aliphatic rings. The van der Waals surface area contributed by atoms with Gasteiger partial charge in [0, 0.05) is 24.0 Å². The van der Waals surface area contributed by atoms with Crippen LogP contribution in [0.15, 0.2) is 39.5 Å². The second-order valence-electron chi connectivity index (χ2n) is 7.07. The summed E-state index contributed by atoms with van der Waals surface area (Å²) in [6, 6.07) is 9.82. The number of ether oxygens (including phenoxy) is 2. The molecule has 0 unspecified atom stereocenters. The number of methoxy groups -OCH3 is 1. The molecule has 5 nitrogen and oxygen atoms in total. The van der Waals surface area contributed by atoms with Crippen LogP contribution in [-0.2, 0) is 13.0 Å². The molecule has 0 saturated heterocycles. The van der Waals surface area contributed by atoms with Crippen molar-refractivity contribution in [3.63, 3.8) is 0 Å². The standard InChI is InChI=1S/C22H22ClNO4/c1-13-14(2)22(25)28-20-16(13)10-18(23)21-17(20)11-24(12-27-21)9-8-15-6-4-5-7-19(15)26-3/h4-7,10H,8-9,11-12H2,1-3H3. The highest BCUT2D eigenvalue weighted by atomic mass is 35.5. The largest absolute Gasteiger partial charge is 0.496 e. The summed E-state index contributed by atoms with van der Waals surface area (Å²) in [7, 11) is 1.68. The van der Waals surface area contributed by atoms with Gasteiger partial charge in [0.2, 0.25) is 0 Å². The SMILES string of the molecule is COc1ccccc1CCN1COc2c(Cl)cc3c(C)c(C)c(=O)oc3c2C1. The van der Waals surface area contributed by atoms with E-state index < -0.39 is 0 Å². The van der Waals surface area contributed by atoms with Crippen LogP contribution in [0, 0.1) is 13.8 Å². The molecule has 2 heterocycles. The fraction of sp³-hybridized carbons (Fsp3) is 0.318. The van der Waals surface area contributed by atoms with Crippen molar-refractivity contribution in [1.29, 1.82) is 0 Å². The van der Waals surface area contributed by atoms with E-state index in [0.717, 1.165) is 40.8 Å². The Balaban J connectivity index is 1.66. The van der Waals surface area contributed by atoms with Crippen LogP contribution in [0.4, 0.5) is 0 Å². The molecule has 0 spiro atoms. The second kappa shape index (κ2) is 7.49. The number of nitrogens with zero attached hydrogens (tertiary/aromatic N) is 1. The van der Waals surface area contributed by atoms with Crippen molar-refractivity contribution in [2.45, 2.75) is 26.8 Å². The number of hydrogen-bond acceptors (Lipinski definition) is 5. The molecule has 0 N–H and O–H groups in total. The molecule has 0 aliphatic carbocycles. The molecule has 6 heteroatoms. The molecular weight excluding hydrogens is 378 g/mol. The number of halogens is 1. The van der Waals surface area contributed by atoms with Crippen molar-refractivity contribution in [2.24, 2.45) is 0 Å². The third-order valence-electron chi connectivity index (χ3n) is 5.41. The molecule has 0 amide bonds. The van der Waals surface area contributed by atoms with Crippen molar-refractivity contribution >= 4 is 22.6 Å². The van der Waals surface area contributed by atoms with Crippen LogP contribution in [0.1, 0.15) is 22.3 Å². The lowest BCUT2D eigenvalue weighted by Gasteiger charge is -2.30. The molecule has 0 fully saturated rings. The van der Waals surface area contributed by atoms with Crippen molar-refractivity contribution in [3.8, 4) is 11.5 Å². The maximum atomic E-state index is 12.2. The quantitative estimate of drug-likeness (QED) is 0.606. The van der Waals surface area contributed by atoms with Gasteiger partial charge in [0.15, 0.2) is 0 Å². The molecular formula is C22H22ClNO4. The van der Waals surface area contributed by atoms with E-state index in [0.29, 0.717) is 35.2 Å². The van der Waals surface area contributed by atoms with Crippen molar-refractivity contribution in [3.05, 3.63) is 68.0 Å². The molecule has 0 atom stereocenters. The van der Waals surface area contributed by atoms with E-state index in [9.17, 15) is 4.79 Å². The van der Waals surface area contributed by atoms with E-state index in [-0.39, 0.29) is 5.63 Å². The van der Waals surface area contributed by atoms with Crippen LogP contribution in [0.3, 0.4) is 0 Å². The molecule has 0 saturated carbocycles. The summed E-state index contributed by atoms with van der Waals surface area (Å²) in [5.41, 5.74) is 3.71. The molecule has 28 heavy (non-hydrogen) atoms. The van der Waals surface area contributed by atoms with Crippen LogP contribution in [0.2, 0.25) is 5.02 Å². The number of para-hydroxylation sites is 1. The molecule has 1 aromatic heterocycles. The Morgan fingerprint density at radius 2 is 2.00 bits per heavy atom. The van der Waals surface area contributed by atoms with Crippen LogP contribution < -0.4 is 15.1 Å². The minimum atomic E-state index is -0.319. The summed E-state index contributed by atoms with van der Waals surface area (Å²) >= 11 is 6.47. The number of fused-ring (bicyclic) bond motifs is 3. The lowest BCUT2D eigenvalue weighted by atomic mass is 10.0. The number of rotatable bonds is 4. The highest BCUT2D eigenvalue weighted by Gasteiger charge is 2.25. The summed E-state index contributed by atoms with van der Waals surface area (Å²) < 4.78 is 17.0. The first-order valence-corrected chi connectivity index (χ1v) is 9.59. The Morgan fingerprint density at radius 3 is 2.79 bits per heavy atom. The first-order chi connectivity index (χ1) is 13.5. The summed E-state index contributed by atoms with van der Waals surface area (Å²) in [5.74, 6) is 1.49. The van der Waals surface area contributed by atoms with Gasteiger partial charge >= 0.3 is 5.63 Å². The normalized spacial score (nSPS) is 14.0. The molecule has 0 bridgehead atoms.